The summed E-state index contributed by atoms with van der Waals surface area (Å²) in [5.74, 6) is 0.417. The molecule has 2 N–H and O–H groups in total. The second kappa shape index (κ2) is 5.18. The molecule has 0 bridgehead atoms. The minimum absolute atomic E-state index is 0.125. The van der Waals surface area contributed by atoms with Crippen molar-refractivity contribution in [1.29, 1.82) is 0 Å². The van der Waals surface area contributed by atoms with Crippen LogP contribution in [0.5, 0.6) is 5.75 Å². The molecule has 1 saturated heterocycles. The van der Waals surface area contributed by atoms with Gasteiger partial charge >= 0.3 is 0 Å². The molecule has 0 atom stereocenters. The molecule has 0 aliphatic carbocycles. The molecule has 2 rings (SSSR count). The fourth-order valence-electron chi connectivity index (χ4n) is 2.05. The van der Waals surface area contributed by atoms with Gasteiger partial charge in [0.05, 0.1) is 13.7 Å². The number of nitrogens with two attached hydrogens (primary N) is 1. The summed E-state index contributed by atoms with van der Waals surface area (Å²) in [6, 6.07) is 5.55. The zero-order valence-corrected chi connectivity index (χ0v) is 10.3. The number of nitrogens with zero attached hydrogens (tertiary/aromatic N) is 1. The number of benzene rings is 1. The fourth-order valence-corrected chi connectivity index (χ4v) is 2.05. The van der Waals surface area contributed by atoms with Crippen molar-refractivity contribution >= 4 is 11.8 Å². The molecule has 5 nitrogen and oxygen atoms in total. The lowest BCUT2D eigenvalue weighted by Gasteiger charge is -2.16. The number of imide groups is 1. The highest BCUT2D eigenvalue weighted by Crippen LogP contribution is 2.24. The third kappa shape index (κ3) is 2.36. The summed E-state index contributed by atoms with van der Waals surface area (Å²) in [7, 11) is 1.56. The average molecular weight is 248 g/mol. The van der Waals surface area contributed by atoms with Crippen molar-refractivity contribution in [2.45, 2.75) is 25.9 Å². The Morgan fingerprint density at radius 3 is 2.50 bits per heavy atom. The molecule has 1 heterocycles. The number of hydrogen-bond acceptors (Lipinski definition) is 4. The number of methoxy groups -OCH3 is 1. The standard InChI is InChI=1S/C13H16N2O3/c1-18-11-3-2-9(7-14)6-10(11)8-15-12(16)4-5-13(15)17/h2-3,6H,4-5,7-8,14H2,1H3. The van der Waals surface area contributed by atoms with Gasteiger partial charge in [0.15, 0.2) is 0 Å². The van der Waals surface area contributed by atoms with Crippen molar-refractivity contribution in [2.75, 3.05) is 7.11 Å². The van der Waals surface area contributed by atoms with Crippen LogP contribution >= 0.6 is 0 Å². The minimum atomic E-state index is -0.125. The molecule has 5 heteroatoms. The maximum absolute atomic E-state index is 11.6. The Kier molecular flexibility index (Phi) is 3.62. The second-order valence-electron chi connectivity index (χ2n) is 4.22. The minimum Gasteiger partial charge on any atom is -0.496 e. The molecule has 96 valence electrons. The number of ether oxygens (including phenoxy) is 1. The molecule has 18 heavy (non-hydrogen) atoms. The van der Waals surface area contributed by atoms with Crippen LogP contribution in [0.1, 0.15) is 24.0 Å². The van der Waals surface area contributed by atoms with E-state index in [2.05, 4.69) is 0 Å². The highest BCUT2D eigenvalue weighted by atomic mass is 16.5. The highest BCUT2D eigenvalue weighted by molar-refractivity contribution is 6.01. The lowest BCUT2D eigenvalue weighted by atomic mass is 10.1. The summed E-state index contributed by atoms with van der Waals surface area (Å²) in [6.07, 6.45) is 0.607. The molecule has 0 radical (unpaired) electrons. The van der Waals surface area contributed by atoms with Crippen LogP contribution in [0, 0.1) is 0 Å². The molecular weight excluding hydrogens is 232 g/mol. The first-order valence-corrected chi connectivity index (χ1v) is 5.84. The number of carbonyl (C=O) groups excluding carboxylic acids is 2. The van der Waals surface area contributed by atoms with Gasteiger partial charge in [-0.3, -0.25) is 14.5 Å². The van der Waals surface area contributed by atoms with Crippen LogP contribution in [0.25, 0.3) is 0 Å². The van der Waals surface area contributed by atoms with E-state index in [0.29, 0.717) is 25.1 Å². The Morgan fingerprint density at radius 2 is 1.94 bits per heavy atom. The van der Waals surface area contributed by atoms with E-state index in [-0.39, 0.29) is 18.4 Å². The monoisotopic (exact) mass is 248 g/mol. The lowest BCUT2D eigenvalue weighted by molar-refractivity contribution is -0.139. The third-order valence-electron chi connectivity index (χ3n) is 3.06. The number of hydrogen-bond donors (Lipinski definition) is 1. The molecule has 1 aliphatic rings. The summed E-state index contributed by atoms with van der Waals surface area (Å²) in [5, 5.41) is 0. The molecule has 2 amide bonds. The zero-order chi connectivity index (χ0) is 13.1. The molecule has 0 aromatic heterocycles. The zero-order valence-electron chi connectivity index (χ0n) is 10.3. The Labute approximate surface area is 106 Å². The van der Waals surface area contributed by atoms with Crippen LogP contribution in [0.4, 0.5) is 0 Å². The van der Waals surface area contributed by atoms with Crippen molar-refractivity contribution in [3.63, 3.8) is 0 Å². The molecule has 0 spiro atoms. The number of rotatable bonds is 4. The first-order valence-electron chi connectivity index (χ1n) is 5.84. The summed E-state index contributed by atoms with van der Waals surface area (Å²) < 4.78 is 5.24. The fraction of sp³-hybridized carbons (Fsp3) is 0.385. The molecule has 1 fully saturated rings. The average Bonchev–Trinajstić information content (AvgIpc) is 2.70. The van der Waals surface area contributed by atoms with E-state index in [0.717, 1.165) is 11.1 Å². The van der Waals surface area contributed by atoms with Gasteiger partial charge < -0.3 is 10.5 Å². The summed E-state index contributed by atoms with van der Waals surface area (Å²) in [4.78, 5) is 24.4. The van der Waals surface area contributed by atoms with Gasteiger partial charge in [0.1, 0.15) is 5.75 Å². The number of carbonyl (C=O) groups is 2. The Bertz CT molecular complexity index is 469. The van der Waals surface area contributed by atoms with E-state index < -0.39 is 0 Å². The van der Waals surface area contributed by atoms with Crippen LogP contribution < -0.4 is 10.5 Å². The van der Waals surface area contributed by atoms with Gasteiger partial charge in [-0.05, 0) is 17.7 Å². The van der Waals surface area contributed by atoms with E-state index >= 15 is 0 Å². The van der Waals surface area contributed by atoms with Crippen LogP contribution in [0.3, 0.4) is 0 Å². The Hall–Kier alpha value is -1.88. The molecular formula is C13H16N2O3. The van der Waals surface area contributed by atoms with E-state index in [1.807, 2.05) is 18.2 Å². The van der Waals surface area contributed by atoms with Gasteiger partial charge in [-0.15, -0.1) is 0 Å². The Balaban J connectivity index is 2.26. The predicted octanol–water partition coefficient (Wildman–Crippen LogP) is 0.803. The summed E-state index contributed by atoms with van der Waals surface area (Å²) in [6.45, 7) is 0.674. The van der Waals surface area contributed by atoms with Gasteiger partial charge in [-0.25, -0.2) is 0 Å². The van der Waals surface area contributed by atoms with Crippen LogP contribution in [-0.4, -0.2) is 23.8 Å². The van der Waals surface area contributed by atoms with E-state index in [4.69, 9.17) is 10.5 Å². The van der Waals surface area contributed by atoms with Gasteiger partial charge in [-0.2, -0.15) is 0 Å². The highest BCUT2D eigenvalue weighted by Gasteiger charge is 2.29. The summed E-state index contributed by atoms with van der Waals surface area (Å²) >= 11 is 0. The Morgan fingerprint density at radius 1 is 1.28 bits per heavy atom. The van der Waals surface area contributed by atoms with Crippen molar-refractivity contribution in [3.05, 3.63) is 29.3 Å². The van der Waals surface area contributed by atoms with Crippen molar-refractivity contribution < 1.29 is 14.3 Å². The van der Waals surface area contributed by atoms with E-state index in [9.17, 15) is 9.59 Å². The van der Waals surface area contributed by atoms with Crippen LogP contribution in [0.2, 0.25) is 0 Å². The molecule has 0 saturated carbocycles. The van der Waals surface area contributed by atoms with Gasteiger partial charge in [0.2, 0.25) is 11.8 Å². The number of amides is 2. The van der Waals surface area contributed by atoms with Crippen LogP contribution in [-0.2, 0) is 22.7 Å². The lowest BCUT2D eigenvalue weighted by Crippen LogP contribution is -2.28. The normalized spacial score (nSPS) is 15.3. The first-order chi connectivity index (χ1) is 8.65. The second-order valence-corrected chi connectivity index (χ2v) is 4.22. The van der Waals surface area contributed by atoms with Gasteiger partial charge in [-0.1, -0.05) is 6.07 Å². The predicted molar refractivity (Wildman–Crippen MR) is 65.7 cm³/mol. The molecule has 1 aromatic carbocycles. The largest absolute Gasteiger partial charge is 0.496 e. The third-order valence-corrected chi connectivity index (χ3v) is 3.06. The maximum atomic E-state index is 11.6. The first kappa shape index (κ1) is 12.6. The van der Waals surface area contributed by atoms with Crippen molar-refractivity contribution in [3.8, 4) is 5.75 Å². The molecule has 1 aliphatic heterocycles. The quantitative estimate of drug-likeness (QED) is 0.800. The number of likely N-dealkylation sites (tertiary alicyclic amines) is 1. The summed E-state index contributed by atoms with van der Waals surface area (Å²) in [5.41, 5.74) is 7.34. The topological polar surface area (TPSA) is 72.6 Å². The van der Waals surface area contributed by atoms with E-state index in [1.165, 1.54) is 4.90 Å². The van der Waals surface area contributed by atoms with Crippen LogP contribution in [0.15, 0.2) is 18.2 Å². The molecule has 0 unspecified atom stereocenters. The van der Waals surface area contributed by atoms with E-state index in [1.54, 1.807) is 7.11 Å². The SMILES string of the molecule is COc1ccc(CN)cc1CN1C(=O)CCC1=O. The maximum Gasteiger partial charge on any atom is 0.230 e. The van der Waals surface area contributed by atoms with Crippen molar-refractivity contribution in [2.24, 2.45) is 5.73 Å². The van der Waals surface area contributed by atoms with Crippen molar-refractivity contribution in [1.82, 2.24) is 4.90 Å². The smallest absolute Gasteiger partial charge is 0.230 e. The molecule has 1 aromatic rings. The van der Waals surface area contributed by atoms with Gasteiger partial charge in [0, 0.05) is 24.9 Å². The van der Waals surface area contributed by atoms with Gasteiger partial charge in [0.25, 0.3) is 0 Å².